The van der Waals surface area contributed by atoms with Crippen LogP contribution < -0.4 is 10.5 Å². The normalized spacial score (nSPS) is 11.9. The van der Waals surface area contributed by atoms with Crippen LogP contribution in [-0.4, -0.2) is 25.7 Å². The van der Waals surface area contributed by atoms with Gasteiger partial charge in [-0.3, -0.25) is 4.72 Å². The average molecular weight is 292 g/mol. The predicted molar refractivity (Wildman–Crippen MR) is 71.1 cm³/mol. The molecule has 5 nitrogen and oxygen atoms in total. The molecule has 2 rings (SSSR count). The van der Waals surface area contributed by atoms with E-state index in [-0.39, 0.29) is 12.3 Å². The zero-order valence-corrected chi connectivity index (χ0v) is 11.1. The molecule has 3 N–H and O–H groups in total. The highest BCUT2D eigenvalue weighted by molar-refractivity contribution is 7.92. The van der Waals surface area contributed by atoms with Gasteiger partial charge in [0.05, 0.1) is 16.0 Å². The zero-order chi connectivity index (χ0) is 12.5. The molecule has 17 heavy (non-hydrogen) atoms. The second-order valence-corrected chi connectivity index (χ2v) is 6.65. The summed E-state index contributed by atoms with van der Waals surface area (Å²) in [7, 11) is -3.40. The molecule has 92 valence electrons. The fraction of sp³-hybridized carbons (Fsp3) is 0.222. The Balaban J connectivity index is 2.31. The van der Waals surface area contributed by atoms with E-state index in [1.807, 2.05) is 0 Å². The highest BCUT2D eigenvalue weighted by atomic mass is 35.5. The summed E-state index contributed by atoms with van der Waals surface area (Å²) in [6.45, 7) is 0.0755. The Labute approximate surface area is 108 Å². The molecule has 8 heteroatoms. The van der Waals surface area contributed by atoms with Gasteiger partial charge in [0.2, 0.25) is 10.0 Å². The van der Waals surface area contributed by atoms with Crippen LogP contribution in [0.1, 0.15) is 0 Å². The van der Waals surface area contributed by atoms with Crippen molar-refractivity contribution in [2.75, 3.05) is 17.0 Å². The molecule has 2 aromatic rings. The highest BCUT2D eigenvalue weighted by Crippen LogP contribution is 2.28. The van der Waals surface area contributed by atoms with Crippen molar-refractivity contribution in [3.05, 3.63) is 23.2 Å². The molecule has 0 fully saturated rings. The number of benzene rings is 1. The van der Waals surface area contributed by atoms with Crippen LogP contribution in [0.4, 0.5) is 5.13 Å². The van der Waals surface area contributed by atoms with E-state index in [4.69, 9.17) is 17.3 Å². The maximum Gasteiger partial charge on any atom is 0.235 e. The van der Waals surface area contributed by atoms with Crippen LogP contribution >= 0.6 is 22.9 Å². The zero-order valence-electron chi connectivity index (χ0n) is 8.68. The minimum atomic E-state index is -3.40. The largest absolute Gasteiger partial charge is 0.329 e. The number of hydrogen-bond acceptors (Lipinski definition) is 5. The molecule has 0 radical (unpaired) electrons. The monoisotopic (exact) mass is 291 g/mol. The molecule has 0 spiro atoms. The molecule has 0 saturated heterocycles. The fourth-order valence-corrected chi connectivity index (χ4v) is 3.55. The van der Waals surface area contributed by atoms with E-state index in [1.165, 1.54) is 11.3 Å². The van der Waals surface area contributed by atoms with Gasteiger partial charge in [-0.1, -0.05) is 22.9 Å². The van der Waals surface area contributed by atoms with Gasteiger partial charge < -0.3 is 5.73 Å². The SMILES string of the molecule is NCCS(=O)(=O)Nc1nc2ccc(Cl)cc2s1. The van der Waals surface area contributed by atoms with Crippen LogP contribution in [0.5, 0.6) is 0 Å². The van der Waals surface area contributed by atoms with E-state index < -0.39 is 10.0 Å². The number of nitrogens with one attached hydrogen (secondary N) is 1. The number of rotatable bonds is 4. The van der Waals surface area contributed by atoms with Crippen molar-refractivity contribution in [3.8, 4) is 0 Å². The van der Waals surface area contributed by atoms with Crippen molar-refractivity contribution in [1.82, 2.24) is 4.98 Å². The summed E-state index contributed by atoms with van der Waals surface area (Å²) in [4.78, 5) is 4.15. The summed E-state index contributed by atoms with van der Waals surface area (Å²) in [5, 5.41) is 0.924. The van der Waals surface area contributed by atoms with Crippen LogP contribution in [-0.2, 0) is 10.0 Å². The quantitative estimate of drug-likeness (QED) is 0.897. The number of hydrogen-bond donors (Lipinski definition) is 2. The molecule has 0 amide bonds. The molecule has 0 unspecified atom stereocenters. The van der Waals surface area contributed by atoms with E-state index in [0.29, 0.717) is 15.7 Å². The second kappa shape index (κ2) is 4.77. The van der Waals surface area contributed by atoms with Crippen molar-refractivity contribution >= 4 is 48.3 Å². The van der Waals surface area contributed by atoms with E-state index >= 15 is 0 Å². The first-order valence-corrected chi connectivity index (χ1v) is 7.61. The van der Waals surface area contributed by atoms with Crippen molar-refractivity contribution in [2.45, 2.75) is 0 Å². The van der Waals surface area contributed by atoms with Gasteiger partial charge in [-0.15, -0.1) is 0 Å². The number of fused-ring (bicyclic) bond motifs is 1. The Kier molecular flexibility index (Phi) is 3.53. The maximum atomic E-state index is 11.5. The van der Waals surface area contributed by atoms with E-state index in [0.717, 1.165) is 4.70 Å². The summed E-state index contributed by atoms with van der Waals surface area (Å²) in [6, 6.07) is 5.20. The van der Waals surface area contributed by atoms with Crippen molar-refractivity contribution in [3.63, 3.8) is 0 Å². The lowest BCUT2D eigenvalue weighted by Crippen LogP contribution is -2.22. The number of thiazole rings is 1. The lowest BCUT2D eigenvalue weighted by Gasteiger charge is -2.01. The number of anilines is 1. The molecule has 1 aromatic carbocycles. The first-order valence-electron chi connectivity index (χ1n) is 4.77. The molecule has 0 bridgehead atoms. The van der Waals surface area contributed by atoms with Crippen molar-refractivity contribution < 1.29 is 8.42 Å². The van der Waals surface area contributed by atoms with Gasteiger partial charge in [-0.05, 0) is 18.2 Å². The highest BCUT2D eigenvalue weighted by Gasteiger charge is 2.12. The summed E-state index contributed by atoms with van der Waals surface area (Å²) >= 11 is 7.07. The van der Waals surface area contributed by atoms with Gasteiger partial charge in [0, 0.05) is 11.6 Å². The molecular formula is C9H10ClN3O2S2. The van der Waals surface area contributed by atoms with Crippen LogP contribution in [0.3, 0.4) is 0 Å². The fourth-order valence-electron chi connectivity index (χ4n) is 1.28. The van der Waals surface area contributed by atoms with Crippen LogP contribution in [0.15, 0.2) is 18.2 Å². The summed E-state index contributed by atoms with van der Waals surface area (Å²) < 4.78 is 26.2. The van der Waals surface area contributed by atoms with Gasteiger partial charge in [0.15, 0.2) is 5.13 Å². The predicted octanol–water partition coefficient (Wildman–Crippen LogP) is 1.65. The minimum absolute atomic E-state index is 0.0755. The molecule has 0 aliphatic rings. The Morgan fingerprint density at radius 1 is 1.47 bits per heavy atom. The summed E-state index contributed by atoms with van der Waals surface area (Å²) in [6.07, 6.45) is 0. The van der Waals surface area contributed by atoms with Crippen molar-refractivity contribution in [2.24, 2.45) is 5.73 Å². The van der Waals surface area contributed by atoms with Gasteiger partial charge in [-0.25, -0.2) is 13.4 Å². The van der Waals surface area contributed by atoms with Crippen LogP contribution in [0.2, 0.25) is 5.02 Å². The maximum absolute atomic E-state index is 11.5. The molecule has 0 atom stereocenters. The smallest absolute Gasteiger partial charge is 0.235 e. The van der Waals surface area contributed by atoms with Gasteiger partial charge in [0.1, 0.15) is 0 Å². The average Bonchev–Trinajstić information content (AvgIpc) is 2.57. The molecule has 1 aromatic heterocycles. The molecular weight excluding hydrogens is 282 g/mol. The third-order valence-electron chi connectivity index (χ3n) is 1.98. The Bertz CT molecular complexity index is 639. The lowest BCUT2D eigenvalue weighted by atomic mass is 10.3. The molecule has 1 heterocycles. The Morgan fingerprint density at radius 2 is 2.24 bits per heavy atom. The van der Waals surface area contributed by atoms with Gasteiger partial charge in [0.25, 0.3) is 0 Å². The number of aromatic nitrogens is 1. The number of halogens is 1. The van der Waals surface area contributed by atoms with Crippen LogP contribution in [0, 0.1) is 0 Å². The first-order chi connectivity index (χ1) is 8.00. The van der Waals surface area contributed by atoms with E-state index in [1.54, 1.807) is 18.2 Å². The lowest BCUT2D eigenvalue weighted by molar-refractivity contribution is 0.601. The Morgan fingerprint density at radius 3 is 2.94 bits per heavy atom. The Hall–Kier alpha value is -0.890. The van der Waals surface area contributed by atoms with E-state index in [2.05, 4.69) is 9.71 Å². The molecule has 0 aliphatic heterocycles. The number of sulfonamides is 1. The van der Waals surface area contributed by atoms with Crippen LogP contribution in [0.25, 0.3) is 10.2 Å². The van der Waals surface area contributed by atoms with Gasteiger partial charge >= 0.3 is 0 Å². The van der Waals surface area contributed by atoms with Crippen molar-refractivity contribution in [1.29, 1.82) is 0 Å². The minimum Gasteiger partial charge on any atom is -0.329 e. The molecule has 0 aliphatic carbocycles. The first kappa shape index (κ1) is 12.6. The second-order valence-electron chi connectivity index (χ2n) is 3.34. The molecule has 0 saturated carbocycles. The number of nitrogens with two attached hydrogens (primary N) is 1. The summed E-state index contributed by atoms with van der Waals surface area (Å²) in [5.41, 5.74) is 5.92. The standard InChI is InChI=1S/C9H10ClN3O2S2/c10-6-1-2-7-8(5-6)16-9(12-7)13-17(14,15)4-3-11/h1-2,5H,3-4,11H2,(H,12,13). The number of nitrogens with zero attached hydrogens (tertiary/aromatic N) is 1. The van der Waals surface area contributed by atoms with E-state index in [9.17, 15) is 8.42 Å². The third-order valence-corrected chi connectivity index (χ3v) is 4.56. The topological polar surface area (TPSA) is 85.1 Å². The van der Waals surface area contributed by atoms with Gasteiger partial charge in [-0.2, -0.15) is 0 Å². The third kappa shape index (κ3) is 3.06. The summed E-state index contributed by atoms with van der Waals surface area (Å²) in [5.74, 6) is -0.121.